The van der Waals surface area contributed by atoms with Crippen molar-refractivity contribution in [1.29, 1.82) is 0 Å². The third kappa shape index (κ3) is 6.83. The van der Waals surface area contributed by atoms with Crippen LogP contribution in [-0.2, 0) is 13.5 Å². The van der Waals surface area contributed by atoms with Gasteiger partial charge in [-0.15, -0.1) is 0 Å². The Labute approximate surface area is 212 Å². The first-order valence-corrected chi connectivity index (χ1v) is 13.0. The molecule has 32 heavy (non-hydrogen) atoms. The van der Waals surface area contributed by atoms with Crippen LogP contribution in [-0.4, -0.2) is 30.6 Å². The fourth-order valence-electron chi connectivity index (χ4n) is 7.13. The van der Waals surface area contributed by atoms with Gasteiger partial charge in [-0.3, -0.25) is 0 Å². The van der Waals surface area contributed by atoms with E-state index in [2.05, 4.69) is 46.2 Å². The lowest BCUT2D eigenvalue weighted by Crippen LogP contribution is -3.00. The molecule has 4 nitrogen and oxygen atoms in total. The number of amides is 2. The van der Waals surface area contributed by atoms with Gasteiger partial charge in [-0.1, -0.05) is 19.8 Å². The fourth-order valence-corrected chi connectivity index (χ4v) is 7.13. The molecule has 5 rings (SSSR count). The Morgan fingerprint density at radius 1 is 1.03 bits per heavy atom. The number of hydrogen-bond acceptors (Lipinski definition) is 1. The monoisotopic (exact) mass is 553 g/mol. The lowest BCUT2D eigenvalue weighted by molar-refractivity contribution is -0.671. The van der Waals surface area contributed by atoms with Crippen molar-refractivity contribution in [2.24, 2.45) is 30.2 Å². The Balaban J connectivity index is 0.00000289. The van der Waals surface area contributed by atoms with Gasteiger partial charge in [0.15, 0.2) is 12.4 Å². The number of carbonyl (C=O) groups is 1. The Morgan fingerprint density at radius 2 is 1.66 bits per heavy atom. The van der Waals surface area contributed by atoms with Gasteiger partial charge in [0.05, 0.1) is 0 Å². The second-order valence-electron chi connectivity index (χ2n) is 11.1. The van der Waals surface area contributed by atoms with E-state index in [4.69, 9.17) is 0 Å². The van der Waals surface area contributed by atoms with Crippen LogP contribution < -0.4 is 33.9 Å². The normalized spacial score (nSPS) is 27.8. The summed E-state index contributed by atoms with van der Waals surface area (Å²) in [5.41, 5.74) is 1.90. The second kappa shape index (κ2) is 12.0. The van der Waals surface area contributed by atoms with Gasteiger partial charge in [0, 0.05) is 31.8 Å². The smallest absolute Gasteiger partial charge is 0.317 e. The number of aromatic nitrogens is 1. The Kier molecular flexibility index (Phi) is 9.69. The van der Waals surface area contributed by atoms with E-state index >= 15 is 0 Å². The number of hydrogen-bond donors (Lipinski definition) is 1. The second-order valence-corrected chi connectivity index (χ2v) is 11.1. The molecule has 5 heteroatoms. The van der Waals surface area contributed by atoms with E-state index in [1.54, 1.807) is 0 Å². The average molecular weight is 554 g/mol. The van der Waals surface area contributed by atoms with Gasteiger partial charge < -0.3 is 34.2 Å². The van der Waals surface area contributed by atoms with Gasteiger partial charge in [0.1, 0.15) is 7.05 Å². The van der Waals surface area contributed by atoms with Crippen molar-refractivity contribution in [3.63, 3.8) is 0 Å². The van der Waals surface area contributed by atoms with E-state index in [0.717, 1.165) is 56.7 Å². The standard InChI is InChI=1S/C27H43N3O.HI/c1-3-4-5-12-30(26(31)28-11-6-7-22-8-13-29(2)14-9-22)15-10-27-19-23-16-24(20-27)18-25(17-23)21-27;/h8-9,13-14,23-25H,3-7,10-12,15-21H2,1-2H3;1H. The molecule has 4 fully saturated rings. The summed E-state index contributed by atoms with van der Waals surface area (Å²) in [4.78, 5) is 15.2. The van der Waals surface area contributed by atoms with E-state index in [0.29, 0.717) is 5.41 Å². The van der Waals surface area contributed by atoms with E-state index in [-0.39, 0.29) is 30.0 Å². The summed E-state index contributed by atoms with van der Waals surface area (Å²) in [6.45, 7) is 4.88. The first-order valence-electron chi connectivity index (χ1n) is 13.0. The van der Waals surface area contributed by atoms with Gasteiger partial charge in [-0.2, -0.15) is 0 Å². The third-order valence-corrected chi connectivity index (χ3v) is 8.36. The summed E-state index contributed by atoms with van der Waals surface area (Å²) in [6.07, 6.45) is 19.8. The maximum absolute atomic E-state index is 13.0. The van der Waals surface area contributed by atoms with Crippen molar-refractivity contribution >= 4 is 6.03 Å². The molecule has 0 radical (unpaired) electrons. The molecule has 1 N–H and O–H groups in total. The molecule has 0 aromatic carbocycles. The number of nitrogens with one attached hydrogen (secondary N) is 1. The molecular formula is C27H44IN3O. The van der Waals surface area contributed by atoms with Gasteiger partial charge in [0.25, 0.3) is 0 Å². The van der Waals surface area contributed by atoms with Crippen LogP contribution in [0.15, 0.2) is 24.5 Å². The van der Waals surface area contributed by atoms with Crippen LogP contribution in [0.2, 0.25) is 0 Å². The van der Waals surface area contributed by atoms with Crippen molar-refractivity contribution in [2.75, 3.05) is 19.6 Å². The summed E-state index contributed by atoms with van der Waals surface area (Å²) >= 11 is 0. The van der Waals surface area contributed by atoms with Crippen LogP contribution in [0.3, 0.4) is 0 Å². The quantitative estimate of drug-likeness (QED) is 0.255. The molecule has 4 saturated carbocycles. The molecule has 4 bridgehead atoms. The zero-order chi connectivity index (χ0) is 21.7. The van der Waals surface area contributed by atoms with Crippen LogP contribution in [0.25, 0.3) is 0 Å². The summed E-state index contributed by atoms with van der Waals surface area (Å²) < 4.78 is 2.06. The topological polar surface area (TPSA) is 36.2 Å². The summed E-state index contributed by atoms with van der Waals surface area (Å²) in [5.74, 6) is 2.98. The maximum Gasteiger partial charge on any atom is 0.317 e. The summed E-state index contributed by atoms with van der Waals surface area (Å²) in [7, 11) is 2.04. The molecule has 1 aromatic heterocycles. The lowest BCUT2D eigenvalue weighted by atomic mass is 9.49. The maximum atomic E-state index is 13.0. The first-order chi connectivity index (χ1) is 15.0. The predicted octanol–water partition coefficient (Wildman–Crippen LogP) is 2.26. The molecule has 0 aliphatic heterocycles. The highest BCUT2D eigenvalue weighted by atomic mass is 127. The molecule has 1 heterocycles. The van der Waals surface area contributed by atoms with Crippen LogP contribution in [0.1, 0.15) is 83.1 Å². The van der Waals surface area contributed by atoms with Gasteiger partial charge in [-0.05, 0) is 92.9 Å². The number of urea groups is 1. The molecule has 0 spiro atoms. The number of carbonyl (C=O) groups excluding carboxylic acids is 1. The zero-order valence-electron chi connectivity index (χ0n) is 20.3. The van der Waals surface area contributed by atoms with Gasteiger partial charge in [0.2, 0.25) is 0 Å². The Morgan fingerprint density at radius 3 is 2.25 bits per heavy atom. The SMILES string of the molecule is CCCCCN(CCC12CC3CC(CC(C3)C1)C2)C(=O)NCCCc1cc[n+](C)cc1.[I-]. The number of nitrogens with zero attached hydrogens (tertiary/aromatic N) is 2. The molecule has 0 saturated heterocycles. The van der Waals surface area contributed by atoms with Crippen molar-refractivity contribution in [1.82, 2.24) is 10.2 Å². The van der Waals surface area contributed by atoms with E-state index in [1.165, 1.54) is 63.4 Å². The van der Waals surface area contributed by atoms with Crippen molar-refractivity contribution in [2.45, 2.75) is 84.0 Å². The van der Waals surface area contributed by atoms with E-state index < -0.39 is 0 Å². The van der Waals surface area contributed by atoms with Gasteiger partial charge >= 0.3 is 6.03 Å². The molecular weight excluding hydrogens is 509 g/mol. The summed E-state index contributed by atoms with van der Waals surface area (Å²) in [5, 5.41) is 3.23. The Bertz CT molecular complexity index is 685. The van der Waals surface area contributed by atoms with Crippen LogP contribution in [0.5, 0.6) is 0 Å². The molecule has 0 unspecified atom stereocenters. The first kappa shape index (κ1) is 25.8. The van der Waals surface area contributed by atoms with Crippen molar-refractivity contribution in [3.8, 4) is 0 Å². The van der Waals surface area contributed by atoms with Crippen LogP contribution in [0, 0.1) is 23.2 Å². The Hall–Kier alpha value is -0.850. The molecule has 0 atom stereocenters. The number of aryl methyl sites for hydroxylation is 2. The van der Waals surface area contributed by atoms with Crippen LogP contribution in [0.4, 0.5) is 4.79 Å². The molecule has 4 aliphatic rings. The highest BCUT2D eigenvalue weighted by Crippen LogP contribution is 2.61. The average Bonchev–Trinajstić information content (AvgIpc) is 2.74. The molecule has 4 aliphatic carbocycles. The molecule has 2 amide bonds. The fraction of sp³-hybridized carbons (Fsp3) is 0.778. The number of unbranched alkanes of at least 4 members (excludes halogenated alkanes) is 2. The molecule has 1 aromatic rings. The van der Waals surface area contributed by atoms with Gasteiger partial charge in [-0.25, -0.2) is 9.36 Å². The number of rotatable bonds is 11. The van der Waals surface area contributed by atoms with Crippen molar-refractivity contribution < 1.29 is 33.3 Å². The minimum absolute atomic E-state index is 0. The number of pyridine rings is 1. The predicted molar refractivity (Wildman–Crippen MR) is 126 cm³/mol. The highest BCUT2D eigenvalue weighted by molar-refractivity contribution is 5.74. The number of halogens is 1. The van der Waals surface area contributed by atoms with E-state index in [9.17, 15) is 4.79 Å². The summed E-state index contributed by atoms with van der Waals surface area (Å²) in [6, 6.07) is 4.51. The van der Waals surface area contributed by atoms with Crippen molar-refractivity contribution in [3.05, 3.63) is 30.1 Å². The lowest BCUT2D eigenvalue weighted by Gasteiger charge is -2.57. The minimum Gasteiger partial charge on any atom is -1.00 e. The third-order valence-electron chi connectivity index (χ3n) is 8.36. The zero-order valence-corrected chi connectivity index (χ0v) is 22.5. The van der Waals surface area contributed by atoms with Crippen LogP contribution >= 0.6 is 0 Å². The van der Waals surface area contributed by atoms with E-state index in [1.807, 2.05) is 7.05 Å². The largest absolute Gasteiger partial charge is 1.00 e. The molecule has 180 valence electrons. The minimum atomic E-state index is 0. The highest BCUT2D eigenvalue weighted by Gasteiger charge is 2.50.